The van der Waals surface area contributed by atoms with E-state index in [1.54, 1.807) is 4.68 Å². The van der Waals surface area contributed by atoms with Crippen molar-refractivity contribution in [3.05, 3.63) is 155 Å². The third-order valence-corrected chi connectivity index (χ3v) is 9.18. The van der Waals surface area contributed by atoms with E-state index in [9.17, 15) is 4.79 Å². The van der Waals surface area contributed by atoms with Crippen molar-refractivity contribution in [2.45, 2.75) is 82.4 Å². The number of ether oxygens (including phenoxy) is 5. The van der Waals surface area contributed by atoms with E-state index < -0.39 is 30.5 Å². The third-order valence-electron chi connectivity index (χ3n) is 9.18. The van der Waals surface area contributed by atoms with Gasteiger partial charge in [0.15, 0.2) is 0 Å². The van der Waals surface area contributed by atoms with E-state index in [0.29, 0.717) is 45.1 Å². The number of carbonyl (C=O) groups is 1. The van der Waals surface area contributed by atoms with E-state index in [4.69, 9.17) is 23.7 Å². The summed E-state index contributed by atoms with van der Waals surface area (Å²) < 4.78 is 35.0. The van der Waals surface area contributed by atoms with Crippen LogP contribution in [0.3, 0.4) is 0 Å². The first-order valence-corrected chi connectivity index (χ1v) is 17.6. The summed E-state index contributed by atoms with van der Waals surface area (Å²) >= 11 is 0. The molecule has 2 aliphatic heterocycles. The molecule has 0 saturated carbocycles. The number of nitrogens with zero attached hydrogens (tertiary/aromatic N) is 3. The Morgan fingerprint density at radius 3 is 1.75 bits per heavy atom. The standard InChI is InChI=1S/C41H44N4O6/c46-38-22-36-39(48-25-31-15-7-2-8-16-31)41(50-27-33-19-11-4-12-20-33)40(49-26-32-17-9-3-10-18-32)37(51-36)24-45-23-35(43-44-45)29-47-28-34(42-38)21-30-13-5-1-6-14-30/h1-20,23,34,36-37,39-41H,21-22,24-29H2,(H,42,46)/t34-,36-,37+,39-,40+,41+/m0/s1. The Hall–Kier alpha value is -4.71. The van der Waals surface area contributed by atoms with Gasteiger partial charge in [0.2, 0.25) is 5.91 Å². The summed E-state index contributed by atoms with van der Waals surface area (Å²) in [5.41, 5.74) is 4.83. The predicted molar refractivity (Wildman–Crippen MR) is 190 cm³/mol. The Morgan fingerprint density at radius 1 is 0.667 bits per heavy atom. The van der Waals surface area contributed by atoms with E-state index in [1.807, 2.05) is 115 Å². The van der Waals surface area contributed by atoms with Crippen LogP contribution in [0.4, 0.5) is 0 Å². The minimum absolute atomic E-state index is 0.0560. The highest BCUT2D eigenvalue weighted by molar-refractivity contribution is 5.77. The van der Waals surface area contributed by atoms with Crippen LogP contribution in [0.1, 0.15) is 34.4 Å². The molecule has 1 fully saturated rings. The molecule has 264 valence electrons. The topological polar surface area (TPSA) is 106 Å². The van der Waals surface area contributed by atoms with Crippen LogP contribution in [0.15, 0.2) is 128 Å². The number of rotatable bonds is 11. The quantitative estimate of drug-likeness (QED) is 0.196. The molecule has 1 amide bonds. The fraction of sp³-hybridized carbons (Fsp3) is 0.341. The maximum absolute atomic E-state index is 14.0. The first-order chi connectivity index (χ1) is 25.2. The van der Waals surface area contributed by atoms with Gasteiger partial charge < -0.3 is 29.0 Å². The third kappa shape index (κ3) is 9.75. The highest BCUT2D eigenvalue weighted by Gasteiger charge is 2.49. The van der Waals surface area contributed by atoms with Crippen LogP contribution in [0, 0.1) is 0 Å². The second-order valence-electron chi connectivity index (χ2n) is 13.1. The van der Waals surface area contributed by atoms with Crippen molar-refractivity contribution in [2.24, 2.45) is 0 Å². The number of hydrogen-bond donors (Lipinski definition) is 1. The van der Waals surface area contributed by atoms with E-state index in [2.05, 4.69) is 27.8 Å². The zero-order valence-corrected chi connectivity index (χ0v) is 28.5. The van der Waals surface area contributed by atoms with E-state index >= 15 is 0 Å². The lowest BCUT2D eigenvalue weighted by Gasteiger charge is -2.46. The first kappa shape index (κ1) is 34.7. The van der Waals surface area contributed by atoms with Gasteiger partial charge in [-0.05, 0) is 28.7 Å². The molecular formula is C41H44N4O6. The van der Waals surface area contributed by atoms with Crippen LogP contribution in [0.5, 0.6) is 0 Å². The zero-order valence-electron chi connectivity index (χ0n) is 28.5. The monoisotopic (exact) mass is 688 g/mol. The van der Waals surface area contributed by atoms with Gasteiger partial charge in [-0.15, -0.1) is 5.10 Å². The van der Waals surface area contributed by atoms with Gasteiger partial charge in [0.1, 0.15) is 30.1 Å². The maximum Gasteiger partial charge on any atom is 0.223 e. The summed E-state index contributed by atoms with van der Waals surface area (Å²) in [5.74, 6) is -0.156. The second-order valence-corrected chi connectivity index (χ2v) is 13.1. The molecule has 0 unspecified atom stereocenters. The number of fused-ring (bicyclic) bond motifs is 4. The molecular weight excluding hydrogens is 644 g/mol. The summed E-state index contributed by atoms with van der Waals surface area (Å²) in [6, 6.07) is 39.9. The van der Waals surface area contributed by atoms with Crippen LogP contribution in [0.25, 0.3) is 0 Å². The maximum atomic E-state index is 14.0. The summed E-state index contributed by atoms with van der Waals surface area (Å²) in [6.45, 7) is 1.89. The highest BCUT2D eigenvalue weighted by atomic mass is 16.6. The SMILES string of the molecule is O=C1C[C@@H]2O[C@H](Cn3cc(nn3)COC[C@H](Cc3ccccc3)N1)[C@@H](OCc1ccccc1)[C@H](OCc1ccccc1)[C@H]2OCc1ccccc1. The molecule has 1 saturated heterocycles. The smallest absolute Gasteiger partial charge is 0.223 e. The first-order valence-electron chi connectivity index (χ1n) is 17.6. The van der Waals surface area contributed by atoms with Crippen molar-refractivity contribution in [1.29, 1.82) is 0 Å². The Bertz CT molecular complexity index is 1780. The van der Waals surface area contributed by atoms with E-state index in [-0.39, 0.29) is 25.0 Å². The Morgan fingerprint density at radius 2 is 1.18 bits per heavy atom. The Labute approximate surface area is 298 Å². The molecule has 1 aromatic heterocycles. The fourth-order valence-corrected chi connectivity index (χ4v) is 6.70. The predicted octanol–water partition coefficient (Wildman–Crippen LogP) is 5.45. The second kappa shape index (κ2) is 17.5. The molecule has 10 nitrogen and oxygen atoms in total. The molecule has 0 aliphatic carbocycles. The Kier molecular flexibility index (Phi) is 11.9. The minimum atomic E-state index is -0.653. The molecule has 7 rings (SSSR count). The number of carbonyl (C=O) groups excluding carboxylic acids is 1. The summed E-state index contributed by atoms with van der Waals surface area (Å²) in [7, 11) is 0. The molecule has 51 heavy (non-hydrogen) atoms. The van der Waals surface area contributed by atoms with Crippen LogP contribution < -0.4 is 5.32 Å². The normalized spacial score (nSPS) is 24.0. The van der Waals surface area contributed by atoms with Crippen molar-refractivity contribution in [3.8, 4) is 0 Å². The van der Waals surface area contributed by atoms with Crippen LogP contribution in [0.2, 0.25) is 0 Å². The van der Waals surface area contributed by atoms with E-state index in [0.717, 1.165) is 22.3 Å². The highest BCUT2D eigenvalue weighted by Crippen LogP contribution is 2.33. The molecule has 2 aliphatic rings. The van der Waals surface area contributed by atoms with Crippen molar-refractivity contribution < 1.29 is 28.5 Å². The average molecular weight is 689 g/mol. The van der Waals surface area contributed by atoms with E-state index in [1.165, 1.54) is 0 Å². The number of hydrogen-bond acceptors (Lipinski definition) is 8. The molecule has 3 heterocycles. The van der Waals surface area contributed by atoms with Crippen molar-refractivity contribution in [1.82, 2.24) is 20.3 Å². The molecule has 5 aromatic rings. The van der Waals surface area contributed by atoms with Gasteiger partial charge in [-0.1, -0.05) is 127 Å². The molecule has 6 atom stereocenters. The van der Waals surface area contributed by atoms with Gasteiger partial charge in [-0.2, -0.15) is 0 Å². The van der Waals surface area contributed by atoms with Crippen molar-refractivity contribution in [2.75, 3.05) is 6.61 Å². The van der Waals surface area contributed by atoms with Gasteiger partial charge in [0.05, 0.1) is 64.3 Å². The van der Waals surface area contributed by atoms with Crippen LogP contribution in [-0.4, -0.2) is 64.1 Å². The molecule has 4 aromatic carbocycles. The minimum Gasteiger partial charge on any atom is -0.373 e. The fourth-order valence-electron chi connectivity index (χ4n) is 6.70. The molecule has 1 N–H and O–H groups in total. The lowest BCUT2D eigenvalue weighted by Crippen LogP contribution is -2.61. The molecule has 0 radical (unpaired) electrons. The van der Waals surface area contributed by atoms with Gasteiger partial charge in [-0.3, -0.25) is 4.79 Å². The van der Waals surface area contributed by atoms with Gasteiger partial charge >= 0.3 is 0 Å². The van der Waals surface area contributed by atoms with Gasteiger partial charge in [-0.25, -0.2) is 4.68 Å². The molecule has 0 spiro atoms. The van der Waals surface area contributed by atoms with Crippen LogP contribution >= 0.6 is 0 Å². The number of amides is 1. The number of nitrogens with one attached hydrogen (secondary N) is 1. The lowest BCUT2D eigenvalue weighted by molar-refractivity contribution is -0.267. The largest absolute Gasteiger partial charge is 0.373 e. The average Bonchev–Trinajstić information content (AvgIpc) is 3.61. The summed E-state index contributed by atoms with van der Waals surface area (Å²) in [4.78, 5) is 14.0. The lowest BCUT2D eigenvalue weighted by atomic mass is 9.91. The number of aromatic nitrogens is 3. The van der Waals surface area contributed by atoms with Gasteiger partial charge in [0, 0.05) is 0 Å². The summed E-state index contributed by atoms with van der Waals surface area (Å²) in [5, 5.41) is 12.0. The summed E-state index contributed by atoms with van der Waals surface area (Å²) in [6.07, 6.45) is -0.450. The molecule has 4 bridgehead atoms. The van der Waals surface area contributed by atoms with Crippen LogP contribution in [-0.2, 0) is 67.9 Å². The zero-order chi connectivity index (χ0) is 34.7. The van der Waals surface area contributed by atoms with Gasteiger partial charge in [0.25, 0.3) is 0 Å². The number of benzene rings is 4. The molecule has 10 heteroatoms. The van der Waals surface area contributed by atoms with Crippen molar-refractivity contribution in [3.63, 3.8) is 0 Å². The Balaban J connectivity index is 1.23. The van der Waals surface area contributed by atoms with Crippen molar-refractivity contribution >= 4 is 5.91 Å².